The predicted molar refractivity (Wildman–Crippen MR) is 93.1 cm³/mol. The second-order valence-electron chi connectivity index (χ2n) is 5.93. The molecule has 0 saturated carbocycles. The van der Waals surface area contributed by atoms with Gasteiger partial charge in [0.15, 0.2) is 0 Å². The molecule has 25 heavy (non-hydrogen) atoms. The second-order valence-corrected chi connectivity index (χ2v) is 7.87. The van der Waals surface area contributed by atoms with Gasteiger partial charge < -0.3 is 5.32 Å². The van der Waals surface area contributed by atoms with Gasteiger partial charge in [-0.25, -0.2) is 12.8 Å². The van der Waals surface area contributed by atoms with E-state index in [1.165, 1.54) is 22.5 Å². The van der Waals surface area contributed by atoms with Crippen molar-refractivity contribution >= 4 is 21.6 Å². The first-order chi connectivity index (χ1) is 11.9. The van der Waals surface area contributed by atoms with Crippen molar-refractivity contribution in [1.82, 2.24) is 4.31 Å². The van der Waals surface area contributed by atoms with Gasteiger partial charge in [-0.1, -0.05) is 19.1 Å². The first-order valence-corrected chi connectivity index (χ1v) is 9.51. The summed E-state index contributed by atoms with van der Waals surface area (Å²) in [5.74, 6) is -0.458. The number of benzene rings is 2. The summed E-state index contributed by atoms with van der Waals surface area (Å²) in [6.07, 6.45) is 0.859. The summed E-state index contributed by atoms with van der Waals surface area (Å²) in [5.41, 5.74) is 2.06. The van der Waals surface area contributed by atoms with Crippen molar-refractivity contribution in [3.05, 3.63) is 59.4 Å². The van der Waals surface area contributed by atoms with Gasteiger partial charge >= 0.3 is 0 Å². The van der Waals surface area contributed by atoms with E-state index in [1.54, 1.807) is 31.2 Å². The number of anilines is 1. The number of sulfonamides is 1. The molecule has 0 spiro atoms. The van der Waals surface area contributed by atoms with E-state index in [4.69, 9.17) is 0 Å². The molecule has 2 aromatic carbocycles. The Morgan fingerprint density at radius 3 is 2.68 bits per heavy atom. The molecule has 1 aliphatic rings. The lowest BCUT2D eigenvalue weighted by molar-refractivity contribution is -0.116. The molecule has 1 aliphatic heterocycles. The first-order valence-electron chi connectivity index (χ1n) is 8.07. The van der Waals surface area contributed by atoms with Gasteiger partial charge in [-0.3, -0.25) is 4.79 Å². The molecular formula is C18H19FN2O3S. The van der Waals surface area contributed by atoms with Crippen molar-refractivity contribution in [2.45, 2.75) is 31.2 Å². The quantitative estimate of drug-likeness (QED) is 0.889. The Morgan fingerprint density at radius 2 is 1.96 bits per heavy atom. The highest BCUT2D eigenvalue weighted by Gasteiger charge is 2.25. The van der Waals surface area contributed by atoms with Crippen LogP contribution >= 0.6 is 0 Å². The Kier molecular flexibility index (Phi) is 4.87. The molecule has 1 N–H and O–H groups in total. The summed E-state index contributed by atoms with van der Waals surface area (Å²) in [5, 5.41) is 2.74. The smallest absolute Gasteiger partial charge is 0.243 e. The number of rotatable bonds is 5. The molecule has 0 aliphatic carbocycles. The fourth-order valence-corrected chi connectivity index (χ4v) is 4.36. The minimum Gasteiger partial charge on any atom is -0.326 e. The molecule has 2 aromatic rings. The molecule has 3 rings (SSSR count). The highest BCUT2D eigenvalue weighted by atomic mass is 32.2. The number of nitrogens with one attached hydrogen (secondary N) is 1. The monoisotopic (exact) mass is 362 g/mol. The Balaban J connectivity index is 1.90. The van der Waals surface area contributed by atoms with E-state index in [9.17, 15) is 17.6 Å². The zero-order valence-electron chi connectivity index (χ0n) is 13.8. The molecule has 0 radical (unpaired) electrons. The molecule has 7 heteroatoms. The van der Waals surface area contributed by atoms with Crippen LogP contribution in [-0.4, -0.2) is 25.2 Å². The average molecular weight is 362 g/mol. The van der Waals surface area contributed by atoms with Crippen LogP contribution in [0, 0.1) is 5.82 Å². The number of carbonyl (C=O) groups excluding carboxylic acids is 1. The summed E-state index contributed by atoms with van der Waals surface area (Å²) in [6, 6.07) is 10.6. The van der Waals surface area contributed by atoms with Gasteiger partial charge in [0.25, 0.3) is 0 Å². The highest BCUT2D eigenvalue weighted by Crippen LogP contribution is 2.27. The maximum absolute atomic E-state index is 13.4. The maximum Gasteiger partial charge on any atom is 0.243 e. The van der Waals surface area contributed by atoms with E-state index in [0.29, 0.717) is 24.1 Å². The summed E-state index contributed by atoms with van der Waals surface area (Å²) in [6.45, 7) is 2.12. The standard InChI is InChI=1S/C18H19FN2O3S/c1-2-21(12-13-4-3-5-15(19)10-13)25(23,24)16-7-8-17-14(11-16)6-9-18(22)20-17/h3-5,7-8,10-11H,2,6,9,12H2,1H3,(H,20,22). The second kappa shape index (κ2) is 6.93. The van der Waals surface area contributed by atoms with Gasteiger partial charge in [0, 0.05) is 25.2 Å². The average Bonchev–Trinajstić information content (AvgIpc) is 2.59. The van der Waals surface area contributed by atoms with Crippen LogP contribution in [0.25, 0.3) is 0 Å². The molecule has 1 heterocycles. The van der Waals surface area contributed by atoms with Gasteiger partial charge in [-0.05, 0) is 47.9 Å². The molecule has 0 atom stereocenters. The SMILES string of the molecule is CCN(Cc1cccc(F)c1)S(=O)(=O)c1ccc2c(c1)CCC(=O)N2. The number of fused-ring (bicyclic) bond motifs is 1. The van der Waals surface area contributed by atoms with Gasteiger partial charge in [0.2, 0.25) is 15.9 Å². The molecule has 0 fully saturated rings. The third kappa shape index (κ3) is 3.72. The van der Waals surface area contributed by atoms with Crippen molar-refractivity contribution in [1.29, 1.82) is 0 Å². The molecule has 0 aromatic heterocycles. The van der Waals surface area contributed by atoms with E-state index >= 15 is 0 Å². The van der Waals surface area contributed by atoms with E-state index in [1.807, 2.05) is 0 Å². The van der Waals surface area contributed by atoms with E-state index in [2.05, 4.69) is 5.32 Å². The molecule has 5 nitrogen and oxygen atoms in total. The highest BCUT2D eigenvalue weighted by molar-refractivity contribution is 7.89. The molecule has 1 amide bonds. The largest absolute Gasteiger partial charge is 0.326 e. The first kappa shape index (κ1) is 17.6. The predicted octanol–water partition coefficient (Wildman–Crippen LogP) is 2.92. The fourth-order valence-electron chi connectivity index (χ4n) is 2.87. The third-order valence-electron chi connectivity index (χ3n) is 4.21. The van der Waals surface area contributed by atoms with Crippen LogP contribution in [0.4, 0.5) is 10.1 Å². The summed E-state index contributed by atoms with van der Waals surface area (Å²) < 4.78 is 40.6. The van der Waals surface area contributed by atoms with E-state index < -0.39 is 15.8 Å². The molecule has 0 unspecified atom stereocenters. The van der Waals surface area contributed by atoms with Gasteiger partial charge in [-0.2, -0.15) is 4.31 Å². The Morgan fingerprint density at radius 1 is 1.16 bits per heavy atom. The van der Waals surface area contributed by atoms with Crippen molar-refractivity contribution in [3.63, 3.8) is 0 Å². The van der Waals surface area contributed by atoms with E-state index in [-0.39, 0.29) is 23.9 Å². The zero-order chi connectivity index (χ0) is 18.0. The van der Waals surface area contributed by atoms with Gasteiger partial charge in [-0.15, -0.1) is 0 Å². The van der Waals surface area contributed by atoms with Crippen molar-refractivity contribution < 1.29 is 17.6 Å². The van der Waals surface area contributed by atoms with Crippen LogP contribution < -0.4 is 5.32 Å². The number of carbonyl (C=O) groups is 1. The third-order valence-corrected chi connectivity index (χ3v) is 6.13. The van der Waals surface area contributed by atoms with Crippen LogP contribution in [0.1, 0.15) is 24.5 Å². The summed E-state index contributed by atoms with van der Waals surface area (Å²) in [7, 11) is -3.71. The number of halogens is 1. The van der Waals surface area contributed by atoms with Gasteiger partial charge in [0.05, 0.1) is 4.90 Å². The summed E-state index contributed by atoms with van der Waals surface area (Å²) in [4.78, 5) is 11.6. The summed E-state index contributed by atoms with van der Waals surface area (Å²) >= 11 is 0. The fraction of sp³-hybridized carbons (Fsp3) is 0.278. The van der Waals surface area contributed by atoms with Crippen LogP contribution in [-0.2, 0) is 27.8 Å². The Hall–Kier alpha value is -2.25. The molecule has 132 valence electrons. The van der Waals surface area contributed by atoms with Crippen molar-refractivity contribution in [2.75, 3.05) is 11.9 Å². The molecule has 0 bridgehead atoms. The van der Waals surface area contributed by atoms with E-state index in [0.717, 1.165) is 5.56 Å². The minimum absolute atomic E-state index is 0.0654. The lowest BCUT2D eigenvalue weighted by Crippen LogP contribution is -2.30. The topological polar surface area (TPSA) is 66.5 Å². The van der Waals surface area contributed by atoms with Crippen LogP contribution in [0.2, 0.25) is 0 Å². The van der Waals surface area contributed by atoms with Gasteiger partial charge in [0.1, 0.15) is 5.82 Å². The number of hydrogen-bond acceptors (Lipinski definition) is 3. The number of aryl methyl sites for hydroxylation is 1. The van der Waals surface area contributed by atoms with Crippen molar-refractivity contribution in [2.24, 2.45) is 0 Å². The Labute approximate surface area is 146 Å². The number of hydrogen-bond donors (Lipinski definition) is 1. The minimum atomic E-state index is -3.71. The lowest BCUT2D eigenvalue weighted by atomic mass is 10.0. The van der Waals surface area contributed by atoms with Crippen LogP contribution in [0.5, 0.6) is 0 Å². The number of nitrogens with zero attached hydrogens (tertiary/aromatic N) is 1. The normalized spacial score (nSPS) is 14.3. The zero-order valence-corrected chi connectivity index (χ0v) is 14.6. The van der Waals surface area contributed by atoms with Crippen LogP contribution in [0.3, 0.4) is 0 Å². The molecular weight excluding hydrogens is 343 g/mol. The van der Waals surface area contributed by atoms with Crippen LogP contribution in [0.15, 0.2) is 47.4 Å². The lowest BCUT2D eigenvalue weighted by Gasteiger charge is -2.23. The maximum atomic E-state index is 13.4. The number of amides is 1. The van der Waals surface area contributed by atoms with Crippen molar-refractivity contribution in [3.8, 4) is 0 Å². The Bertz CT molecular complexity index is 912. The molecule has 0 saturated heterocycles.